The summed E-state index contributed by atoms with van der Waals surface area (Å²) >= 11 is 13.9. The van der Waals surface area contributed by atoms with Crippen molar-refractivity contribution in [3.05, 3.63) is 63.8 Å². The molecule has 0 atom stereocenters. The van der Waals surface area contributed by atoms with Crippen LogP contribution in [0.3, 0.4) is 0 Å². The Morgan fingerprint density at radius 1 is 1.22 bits per heavy atom. The summed E-state index contributed by atoms with van der Waals surface area (Å²) in [5, 5.41) is 18.7. The number of hydrogen-bond acceptors (Lipinski definition) is 5. The van der Waals surface area contributed by atoms with E-state index in [1.165, 1.54) is 0 Å². The van der Waals surface area contributed by atoms with Gasteiger partial charge in [0.1, 0.15) is 12.3 Å². The van der Waals surface area contributed by atoms with E-state index in [1.807, 2.05) is 36.4 Å². The fourth-order valence-corrected chi connectivity index (χ4v) is 5.48. The van der Waals surface area contributed by atoms with Gasteiger partial charge in [-0.3, -0.25) is 0 Å². The second-order valence-corrected chi connectivity index (χ2v) is 9.70. The summed E-state index contributed by atoms with van der Waals surface area (Å²) in [7, 11) is 1.62. The van der Waals surface area contributed by atoms with E-state index in [2.05, 4.69) is 15.2 Å². The average molecular weight is 494 g/mol. The van der Waals surface area contributed by atoms with Crippen LogP contribution in [0.5, 0.6) is 5.75 Å². The molecular formula is C22H23Cl2N4O3S+. The Balaban J connectivity index is 1.46. The number of halogens is 2. The minimum atomic E-state index is -1.04. The van der Waals surface area contributed by atoms with Gasteiger partial charge in [0.15, 0.2) is 0 Å². The van der Waals surface area contributed by atoms with Crippen LogP contribution in [-0.2, 0) is 6.54 Å². The lowest BCUT2D eigenvalue weighted by Crippen LogP contribution is -2.40. The van der Waals surface area contributed by atoms with Crippen molar-refractivity contribution in [3.63, 3.8) is 0 Å². The number of aromatic amines is 1. The summed E-state index contributed by atoms with van der Waals surface area (Å²) in [6.07, 6.45) is 1.81. The number of benzene rings is 2. The largest absolute Gasteiger partial charge is 0.497 e. The highest BCUT2D eigenvalue weighted by molar-refractivity contribution is 7.99. The van der Waals surface area contributed by atoms with Crippen molar-refractivity contribution in [1.29, 1.82) is 0 Å². The second-order valence-electron chi connectivity index (χ2n) is 7.54. The van der Waals surface area contributed by atoms with Gasteiger partial charge in [-0.2, -0.15) is 0 Å². The molecule has 3 aromatic rings. The molecule has 2 N–H and O–H groups in total. The number of H-pyrrole nitrogens is 1. The number of thioether (sulfide) groups is 1. The van der Waals surface area contributed by atoms with E-state index < -0.39 is 5.97 Å². The Bertz CT molecular complexity index is 1080. The minimum absolute atomic E-state index is 0.0487. The van der Waals surface area contributed by atoms with Crippen molar-refractivity contribution < 1.29 is 19.3 Å². The zero-order valence-electron chi connectivity index (χ0n) is 17.4. The van der Waals surface area contributed by atoms with Gasteiger partial charge in [0.25, 0.3) is 0 Å². The third kappa shape index (κ3) is 5.31. The van der Waals surface area contributed by atoms with Crippen LogP contribution >= 0.6 is 35.0 Å². The number of aromatic nitrogens is 3. The lowest BCUT2D eigenvalue weighted by Gasteiger charge is -2.33. The average Bonchev–Trinajstić information content (AvgIpc) is 3.16. The van der Waals surface area contributed by atoms with Crippen molar-refractivity contribution in [2.24, 2.45) is 0 Å². The van der Waals surface area contributed by atoms with Crippen LogP contribution in [0.4, 0.5) is 5.69 Å². The number of nitrogens with one attached hydrogen (secondary N) is 1. The van der Waals surface area contributed by atoms with Gasteiger partial charge in [0.2, 0.25) is 5.03 Å². The molecule has 1 saturated heterocycles. The highest BCUT2D eigenvalue weighted by Gasteiger charge is 2.32. The van der Waals surface area contributed by atoms with Gasteiger partial charge in [0, 0.05) is 34.1 Å². The third-order valence-corrected chi connectivity index (χ3v) is 7.24. The number of carboxylic acids is 1. The number of ether oxygens (including phenoxy) is 1. The third-order valence-electron chi connectivity index (χ3n) is 5.37. The molecule has 1 aliphatic rings. The van der Waals surface area contributed by atoms with Gasteiger partial charge in [-0.05, 0) is 48.7 Å². The van der Waals surface area contributed by atoms with Crippen LogP contribution < -0.4 is 14.3 Å². The van der Waals surface area contributed by atoms with Crippen LogP contribution in [0, 0.1) is 0 Å². The number of rotatable bonds is 7. The molecule has 2 heterocycles. The van der Waals surface area contributed by atoms with Gasteiger partial charge in [-0.25, -0.2) is 4.79 Å². The van der Waals surface area contributed by atoms with Crippen LogP contribution in [0.2, 0.25) is 10.0 Å². The van der Waals surface area contributed by atoms with E-state index in [4.69, 9.17) is 27.9 Å². The highest BCUT2D eigenvalue weighted by atomic mass is 35.5. The number of methoxy groups -OCH3 is 1. The number of piperidine rings is 1. The van der Waals surface area contributed by atoms with Crippen molar-refractivity contribution in [2.45, 2.75) is 29.7 Å². The topological polar surface area (TPSA) is 82.3 Å². The monoisotopic (exact) mass is 493 g/mol. The molecule has 0 saturated carbocycles. The molecule has 32 heavy (non-hydrogen) atoms. The van der Waals surface area contributed by atoms with Gasteiger partial charge >= 0.3 is 11.7 Å². The summed E-state index contributed by atoms with van der Waals surface area (Å²) < 4.78 is 7.00. The smallest absolute Gasteiger partial charge is 0.388 e. The van der Waals surface area contributed by atoms with Gasteiger partial charge in [-0.15, -0.1) is 4.68 Å². The lowest BCUT2D eigenvalue weighted by atomic mass is 10.1. The first-order valence-electron chi connectivity index (χ1n) is 10.1. The first-order chi connectivity index (χ1) is 15.4. The number of nitrogens with zero attached hydrogens (tertiary/aromatic N) is 3. The summed E-state index contributed by atoms with van der Waals surface area (Å²) in [6, 6.07) is 13.2. The van der Waals surface area contributed by atoms with E-state index >= 15 is 0 Å². The quantitative estimate of drug-likeness (QED) is 0.470. The Labute approximate surface area is 200 Å². The number of carbonyl (C=O) groups is 1. The van der Waals surface area contributed by atoms with Crippen molar-refractivity contribution in [2.75, 3.05) is 25.1 Å². The van der Waals surface area contributed by atoms with Crippen molar-refractivity contribution in [1.82, 2.24) is 10.3 Å². The highest BCUT2D eigenvalue weighted by Crippen LogP contribution is 2.33. The van der Waals surface area contributed by atoms with Gasteiger partial charge in [-0.1, -0.05) is 52.3 Å². The maximum Gasteiger partial charge on any atom is 0.388 e. The van der Waals surface area contributed by atoms with Crippen LogP contribution in [0.25, 0.3) is 0 Å². The Morgan fingerprint density at radius 3 is 2.47 bits per heavy atom. The Hall–Kier alpha value is -2.42. The summed E-state index contributed by atoms with van der Waals surface area (Å²) in [4.78, 5) is 14.0. The molecule has 0 unspecified atom stereocenters. The molecule has 168 valence electrons. The van der Waals surface area contributed by atoms with E-state index in [0.29, 0.717) is 21.6 Å². The van der Waals surface area contributed by atoms with Crippen LogP contribution in [0.1, 0.15) is 28.9 Å². The van der Waals surface area contributed by atoms with Crippen LogP contribution in [0.15, 0.2) is 47.5 Å². The zero-order valence-corrected chi connectivity index (χ0v) is 19.8. The first-order valence-corrected chi connectivity index (χ1v) is 11.8. The summed E-state index contributed by atoms with van der Waals surface area (Å²) in [6.45, 7) is 2.17. The molecule has 10 heteroatoms. The summed E-state index contributed by atoms with van der Waals surface area (Å²) in [5.74, 6) is -0.264. The Kier molecular flexibility index (Phi) is 7.13. The molecule has 7 nitrogen and oxygen atoms in total. The summed E-state index contributed by atoms with van der Waals surface area (Å²) in [5.41, 5.74) is 2.08. The van der Waals surface area contributed by atoms with E-state index in [1.54, 1.807) is 29.6 Å². The van der Waals surface area contributed by atoms with E-state index in [0.717, 1.165) is 42.9 Å². The maximum atomic E-state index is 11.8. The standard InChI is InChI=1S/C22H22Cl2N4O3S/c1-31-18-4-2-14(3-5-18)13-28-21(20(22(29)30)25-26-28)32-19-6-8-27(9-7-19)17-11-15(23)10-16(24)12-17/h2-5,10-12,19H,6-9,13H2,1H3,(H,29,30)/p+1. The molecule has 1 aliphatic heterocycles. The van der Waals surface area contributed by atoms with Crippen molar-refractivity contribution in [3.8, 4) is 5.75 Å². The molecule has 0 bridgehead atoms. The fraction of sp³-hybridized carbons (Fsp3) is 0.318. The molecule has 0 aliphatic carbocycles. The predicted octanol–water partition coefficient (Wildman–Crippen LogP) is 4.52. The van der Waals surface area contributed by atoms with Gasteiger partial charge < -0.3 is 14.7 Å². The number of aromatic carboxylic acids is 1. The molecule has 0 radical (unpaired) electrons. The molecule has 1 aromatic heterocycles. The second kappa shape index (κ2) is 10.0. The SMILES string of the molecule is COc1ccc(C[n+]2[nH]nc(C(=O)O)c2SC2CCN(c3cc(Cl)cc(Cl)c3)CC2)cc1. The lowest BCUT2D eigenvalue weighted by molar-refractivity contribution is -0.778. The van der Waals surface area contributed by atoms with E-state index in [-0.39, 0.29) is 10.9 Å². The molecule has 4 rings (SSSR count). The zero-order chi connectivity index (χ0) is 22.7. The number of carboxylic acid groups (broad SMARTS) is 1. The number of anilines is 1. The first kappa shape index (κ1) is 22.8. The molecule has 1 fully saturated rings. The normalized spacial score (nSPS) is 14.5. The molecular weight excluding hydrogens is 471 g/mol. The number of hydrogen-bond donors (Lipinski definition) is 2. The Morgan fingerprint density at radius 2 is 1.88 bits per heavy atom. The van der Waals surface area contributed by atoms with Gasteiger partial charge in [0.05, 0.1) is 12.2 Å². The maximum absolute atomic E-state index is 11.8. The fourth-order valence-electron chi connectivity index (χ4n) is 3.72. The minimum Gasteiger partial charge on any atom is -0.497 e. The molecule has 0 spiro atoms. The predicted molar refractivity (Wildman–Crippen MR) is 125 cm³/mol. The van der Waals surface area contributed by atoms with E-state index in [9.17, 15) is 9.90 Å². The van der Waals surface area contributed by atoms with Crippen LogP contribution in [-0.4, -0.2) is 46.8 Å². The van der Waals surface area contributed by atoms with Crippen molar-refractivity contribution >= 4 is 46.6 Å². The molecule has 2 aromatic carbocycles. The molecule has 0 amide bonds.